The van der Waals surface area contributed by atoms with Crippen LogP contribution in [0.15, 0.2) is 30.6 Å². The van der Waals surface area contributed by atoms with Crippen LogP contribution in [0.4, 0.5) is 5.69 Å². The van der Waals surface area contributed by atoms with Crippen molar-refractivity contribution in [2.24, 2.45) is 0 Å². The number of rotatable bonds is 5. The van der Waals surface area contributed by atoms with Crippen LogP contribution in [0, 0.1) is 16.7 Å². The Bertz CT molecular complexity index is 745. The molecule has 1 aromatic heterocycles. The van der Waals surface area contributed by atoms with Crippen molar-refractivity contribution in [1.82, 2.24) is 9.78 Å². The molecule has 0 fully saturated rings. The third-order valence-corrected chi connectivity index (χ3v) is 2.72. The third kappa shape index (κ3) is 3.03. The molecule has 0 bridgehead atoms. The summed E-state index contributed by atoms with van der Waals surface area (Å²) in [7, 11) is 1.45. The summed E-state index contributed by atoms with van der Waals surface area (Å²) in [5.41, 5.74) is 1.08. The minimum absolute atomic E-state index is 0.142. The first-order valence-corrected chi connectivity index (χ1v) is 5.80. The van der Waals surface area contributed by atoms with Gasteiger partial charge in [0.1, 0.15) is 11.4 Å². The molecule has 0 aliphatic carbocycles. The number of carbonyl (C=O) groups excluding carboxylic acids is 1. The number of ether oxygens (including phenoxy) is 1. The Morgan fingerprint density at radius 1 is 1.57 bits per heavy atom. The number of Topliss-reactive ketones (excluding diaryl/α,β-unsaturated/α-hetero) is 1. The van der Waals surface area contributed by atoms with Crippen molar-refractivity contribution in [2.75, 3.05) is 13.7 Å². The van der Waals surface area contributed by atoms with Gasteiger partial charge in [0.25, 0.3) is 6.54 Å². The van der Waals surface area contributed by atoms with Gasteiger partial charge in [0.15, 0.2) is 5.69 Å². The van der Waals surface area contributed by atoms with Gasteiger partial charge in [0.05, 0.1) is 25.4 Å². The zero-order valence-corrected chi connectivity index (χ0v) is 11.0. The molecule has 0 radical (unpaired) electrons. The third-order valence-electron chi connectivity index (χ3n) is 2.72. The molecule has 8 heteroatoms. The molecule has 1 aromatic carbocycles. The molecule has 0 saturated heterocycles. The van der Waals surface area contributed by atoms with Gasteiger partial charge in [-0.25, -0.2) is 9.53 Å². The summed E-state index contributed by atoms with van der Waals surface area (Å²) in [5, 5.41) is 14.3. The lowest BCUT2D eigenvalue weighted by atomic mass is 10.2. The summed E-state index contributed by atoms with van der Waals surface area (Å²) in [4.78, 5) is 24.5. The van der Waals surface area contributed by atoms with Gasteiger partial charge in [-0.05, 0) is 12.1 Å². The molecule has 8 nitrogen and oxygen atoms in total. The molecule has 21 heavy (non-hydrogen) atoms. The van der Waals surface area contributed by atoms with E-state index >= 15 is 0 Å². The summed E-state index contributed by atoms with van der Waals surface area (Å²) in [6, 6.07) is 4.76. The van der Waals surface area contributed by atoms with Crippen LogP contribution in [-0.4, -0.2) is 34.1 Å². The van der Waals surface area contributed by atoms with Crippen LogP contribution in [0.2, 0.25) is 0 Å². The van der Waals surface area contributed by atoms with E-state index in [9.17, 15) is 14.9 Å². The van der Waals surface area contributed by atoms with Gasteiger partial charge in [-0.1, -0.05) is 6.07 Å². The monoisotopic (exact) mass is 286 g/mol. The summed E-state index contributed by atoms with van der Waals surface area (Å²) < 4.78 is 6.55. The summed E-state index contributed by atoms with van der Waals surface area (Å²) >= 11 is 0. The molecule has 106 valence electrons. The van der Waals surface area contributed by atoms with Gasteiger partial charge in [-0.3, -0.25) is 14.9 Å². The van der Waals surface area contributed by atoms with Crippen molar-refractivity contribution in [3.8, 4) is 11.4 Å². The Labute approximate surface area is 119 Å². The zero-order valence-electron chi connectivity index (χ0n) is 11.0. The van der Waals surface area contributed by atoms with Crippen LogP contribution in [0.3, 0.4) is 0 Å². The van der Waals surface area contributed by atoms with Crippen LogP contribution >= 0.6 is 0 Å². The van der Waals surface area contributed by atoms with E-state index in [1.807, 2.05) is 0 Å². The van der Waals surface area contributed by atoms with Gasteiger partial charge in [0, 0.05) is 11.1 Å². The first-order valence-electron chi connectivity index (χ1n) is 5.80. The number of methoxy groups -OCH3 is 1. The lowest BCUT2D eigenvalue weighted by Crippen LogP contribution is -2.13. The van der Waals surface area contributed by atoms with Crippen molar-refractivity contribution in [2.45, 2.75) is 0 Å². The van der Waals surface area contributed by atoms with Gasteiger partial charge >= 0.3 is 0 Å². The molecular weight excluding hydrogens is 276 g/mol. The standard InChI is InChI=1S/C13H10N4O4/c1-14-10-3-4-11(13(5-10)21-2)16-7-9(6-15-16)12(18)8-17(19)20/h3-7H,8H2,2H3. The second-order valence-electron chi connectivity index (χ2n) is 4.06. The SMILES string of the molecule is [C-]#[N+]c1ccc(-n2cc(C(=O)C[N+](=O)[O-])cn2)c(OC)c1. The number of benzene rings is 1. The van der Waals surface area contributed by atoms with E-state index in [-0.39, 0.29) is 5.56 Å². The van der Waals surface area contributed by atoms with E-state index in [1.165, 1.54) is 24.2 Å². The van der Waals surface area contributed by atoms with Crippen LogP contribution in [0.25, 0.3) is 10.5 Å². The quantitative estimate of drug-likeness (QED) is 0.362. The molecule has 0 aliphatic heterocycles. The largest absolute Gasteiger partial charge is 0.496 e. The van der Waals surface area contributed by atoms with E-state index in [0.717, 1.165) is 0 Å². The number of hydrogen-bond acceptors (Lipinski definition) is 5. The van der Waals surface area contributed by atoms with Gasteiger partial charge in [0.2, 0.25) is 5.78 Å². The highest BCUT2D eigenvalue weighted by molar-refractivity contribution is 5.96. The van der Waals surface area contributed by atoms with Gasteiger partial charge in [-0.15, -0.1) is 0 Å². The summed E-state index contributed by atoms with van der Waals surface area (Å²) in [6.45, 7) is 6.18. The Morgan fingerprint density at radius 3 is 2.95 bits per heavy atom. The highest BCUT2D eigenvalue weighted by Gasteiger charge is 2.16. The minimum atomic E-state index is -0.778. The Morgan fingerprint density at radius 2 is 2.33 bits per heavy atom. The normalized spacial score (nSPS) is 9.90. The van der Waals surface area contributed by atoms with E-state index < -0.39 is 17.3 Å². The molecule has 1 heterocycles. The number of carbonyl (C=O) groups is 1. The van der Waals surface area contributed by atoms with E-state index in [4.69, 9.17) is 11.3 Å². The van der Waals surface area contributed by atoms with Crippen LogP contribution in [0.1, 0.15) is 10.4 Å². The van der Waals surface area contributed by atoms with Gasteiger partial charge in [-0.2, -0.15) is 5.10 Å². The lowest BCUT2D eigenvalue weighted by Gasteiger charge is -2.08. The lowest BCUT2D eigenvalue weighted by molar-refractivity contribution is -0.465. The topological polar surface area (TPSA) is 91.6 Å². The van der Waals surface area contributed by atoms with Crippen molar-refractivity contribution in [3.05, 3.63) is 57.7 Å². The van der Waals surface area contributed by atoms with Crippen molar-refractivity contribution >= 4 is 11.5 Å². The Balaban J connectivity index is 2.36. The van der Waals surface area contributed by atoms with Crippen molar-refractivity contribution in [1.29, 1.82) is 0 Å². The molecule has 0 spiro atoms. The second kappa shape index (κ2) is 5.83. The molecule has 0 unspecified atom stereocenters. The molecule has 0 atom stereocenters. The summed E-state index contributed by atoms with van der Waals surface area (Å²) in [5.74, 6) is -0.206. The molecular formula is C13H10N4O4. The number of hydrogen-bond donors (Lipinski definition) is 0. The number of nitrogens with zero attached hydrogens (tertiary/aromatic N) is 4. The first-order chi connectivity index (χ1) is 10.0. The Hall–Kier alpha value is -3.21. The highest BCUT2D eigenvalue weighted by atomic mass is 16.6. The van der Waals surface area contributed by atoms with Crippen LogP contribution in [-0.2, 0) is 0 Å². The number of ketones is 1. The highest BCUT2D eigenvalue weighted by Crippen LogP contribution is 2.27. The zero-order chi connectivity index (χ0) is 15.4. The first kappa shape index (κ1) is 14.2. The molecule has 2 rings (SSSR count). The molecule has 0 amide bonds. The maximum absolute atomic E-state index is 11.6. The average Bonchev–Trinajstić information content (AvgIpc) is 2.95. The number of nitro groups is 1. The van der Waals surface area contributed by atoms with Crippen LogP contribution in [0.5, 0.6) is 5.75 Å². The maximum atomic E-state index is 11.6. The molecule has 0 aliphatic rings. The smallest absolute Gasteiger partial charge is 0.265 e. The average molecular weight is 286 g/mol. The minimum Gasteiger partial charge on any atom is -0.496 e. The second-order valence-corrected chi connectivity index (χ2v) is 4.06. The number of aromatic nitrogens is 2. The predicted octanol–water partition coefficient (Wildman–Crippen LogP) is 1.89. The summed E-state index contributed by atoms with van der Waals surface area (Å²) in [6.07, 6.45) is 2.65. The fourth-order valence-corrected chi connectivity index (χ4v) is 1.73. The fraction of sp³-hybridized carbons (Fsp3) is 0.154. The van der Waals surface area contributed by atoms with Crippen molar-refractivity contribution in [3.63, 3.8) is 0 Å². The molecule has 2 aromatic rings. The van der Waals surface area contributed by atoms with E-state index in [2.05, 4.69) is 9.94 Å². The Kier molecular flexibility index (Phi) is 3.95. The fourth-order valence-electron chi connectivity index (χ4n) is 1.73. The van der Waals surface area contributed by atoms with Crippen molar-refractivity contribution < 1.29 is 14.5 Å². The van der Waals surface area contributed by atoms with Crippen LogP contribution < -0.4 is 4.74 Å². The predicted molar refractivity (Wildman–Crippen MR) is 72.6 cm³/mol. The molecule has 0 N–H and O–H groups in total. The van der Waals surface area contributed by atoms with Gasteiger partial charge < -0.3 is 4.74 Å². The van der Waals surface area contributed by atoms with E-state index in [0.29, 0.717) is 17.1 Å². The van der Waals surface area contributed by atoms with E-state index in [1.54, 1.807) is 18.2 Å². The molecule has 0 saturated carbocycles. The maximum Gasteiger partial charge on any atom is 0.265 e.